The number of benzene rings is 1. The minimum absolute atomic E-state index is 0.0533. The molecule has 1 aliphatic heterocycles. The van der Waals surface area contributed by atoms with Crippen LogP contribution in [0.3, 0.4) is 0 Å². The summed E-state index contributed by atoms with van der Waals surface area (Å²) in [7, 11) is 0. The van der Waals surface area contributed by atoms with Crippen molar-refractivity contribution in [1.29, 1.82) is 0 Å². The van der Waals surface area contributed by atoms with E-state index in [-0.39, 0.29) is 11.9 Å². The third-order valence-corrected chi connectivity index (χ3v) is 3.47. The number of carbonyl (C=O) groups excluding carboxylic acids is 1. The number of hydrogen-bond donors (Lipinski definition) is 2. The molecule has 20 heavy (non-hydrogen) atoms. The second-order valence-electron chi connectivity index (χ2n) is 5.21. The highest BCUT2D eigenvalue weighted by molar-refractivity contribution is 5.88. The average Bonchev–Trinajstić information content (AvgIpc) is 2.82. The number of amides is 1. The van der Waals surface area contributed by atoms with Crippen LogP contribution in [0.5, 0.6) is 0 Å². The van der Waals surface area contributed by atoms with Crippen LogP contribution in [0.2, 0.25) is 0 Å². The van der Waals surface area contributed by atoms with Crippen LogP contribution in [0.1, 0.15) is 38.2 Å². The van der Waals surface area contributed by atoms with Gasteiger partial charge in [-0.2, -0.15) is 0 Å². The predicted octanol–water partition coefficient (Wildman–Crippen LogP) is 2.24. The lowest BCUT2D eigenvalue weighted by atomic mass is 9.94. The molecule has 0 fully saturated rings. The molecule has 1 amide bonds. The maximum atomic E-state index is 11.0. The van der Waals surface area contributed by atoms with Gasteiger partial charge in [-0.05, 0) is 36.5 Å². The van der Waals surface area contributed by atoms with E-state index in [1.807, 2.05) is 12.1 Å². The molecule has 1 aromatic rings. The van der Waals surface area contributed by atoms with Gasteiger partial charge in [0.1, 0.15) is 6.61 Å². The van der Waals surface area contributed by atoms with Crippen LogP contribution in [0.25, 0.3) is 0 Å². The summed E-state index contributed by atoms with van der Waals surface area (Å²) in [6.07, 6.45) is 2.00. The van der Waals surface area contributed by atoms with Crippen LogP contribution in [-0.2, 0) is 9.53 Å². The third-order valence-electron chi connectivity index (χ3n) is 3.47. The van der Waals surface area contributed by atoms with Gasteiger partial charge in [-0.25, -0.2) is 4.99 Å². The first-order chi connectivity index (χ1) is 9.54. The average molecular weight is 275 g/mol. The Bertz CT molecular complexity index is 496. The summed E-state index contributed by atoms with van der Waals surface area (Å²) < 4.78 is 5.14. The second kappa shape index (κ2) is 6.41. The van der Waals surface area contributed by atoms with Crippen LogP contribution >= 0.6 is 0 Å². The first kappa shape index (κ1) is 14.4. The van der Waals surface area contributed by atoms with Crippen molar-refractivity contribution in [1.82, 2.24) is 0 Å². The van der Waals surface area contributed by atoms with E-state index < -0.39 is 0 Å². The van der Waals surface area contributed by atoms with E-state index in [9.17, 15) is 4.79 Å². The lowest BCUT2D eigenvalue weighted by molar-refractivity contribution is -0.114. The van der Waals surface area contributed by atoms with Gasteiger partial charge < -0.3 is 15.8 Å². The second-order valence-corrected chi connectivity index (χ2v) is 5.21. The SMILES string of the molecule is CC(=O)Nc1ccc(C(C)CC[C@H]2COC(N)=N2)cc1. The van der Waals surface area contributed by atoms with Gasteiger partial charge in [0.05, 0.1) is 6.04 Å². The van der Waals surface area contributed by atoms with Gasteiger partial charge in [0.2, 0.25) is 5.91 Å². The zero-order valence-corrected chi connectivity index (χ0v) is 11.9. The molecule has 0 saturated carbocycles. The standard InChI is InChI=1S/C15H21N3O2/c1-10(3-6-14-9-20-15(16)18-14)12-4-7-13(8-5-12)17-11(2)19/h4-5,7-8,10,14H,3,6,9H2,1-2H3,(H2,16,18)(H,17,19)/t10?,14-/m0/s1. The molecule has 1 heterocycles. The monoisotopic (exact) mass is 275 g/mol. The van der Waals surface area contributed by atoms with Gasteiger partial charge >= 0.3 is 0 Å². The number of nitrogens with two attached hydrogens (primary N) is 1. The van der Waals surface area contributed by atoms with E-state index >= 15 is 0 Å². The summed E-state index contributed by atoms with van der Waals surface area (Å²) >= 11 is 0. The Morgan fingerprint density at radius 2 is 2.20 bits per heavy atom. The molecular formula is C15H21N3O2. The minimum Gasteiger partial charge on any atom is -0.463 e. The van der Waals surface area contributed by atoms with E-state index in [1.165, 1.54) is 12.5 Å². The van der Waals surface area contributed by atoms with Crippen molar-refractivity contribution in [3.8, 4) is 0 Å². The number of ether oxygens (including phenoxy) is 1. The number of carbonyl (C=O) groups is 1. The van der Waals surface area contributed by atoms with Crippen molar-refractivity contribution in [2.75, 3.05) is 11.9 Å². The van der Waals surface area contributed by atoms with E-state index in [0.717, 1.165) is 18.5 Å². The maximum Gasteiger partial charge on any atom is 0.282 e. The Kier molecular flexibility index (Phi) is 4.61. The first-order valence-electron chi connectivity index (χ1n) is 6.88. The zero-order valence-electron chi connectivity index (χ0n) is 11.9. The smallest absolute Gasteiger partial charge is 0.282 e. The Balaban J connectivity index is 1.85. The zero-order chi connectivity index (χ0) is 14.5. The molecule has 2 rings (SSSR count). The number of rotatable bonds is 5. The van der Waals surface area contributed by atoms with Crippen LogP contribution in [-0.4, -0.2) is 24.6 Å². The molecule has 3 N–H and O–H groups in total. The quantitative estimate of drug-likeness (QED) is 0.865. The summed E-state index contributed by atoms with van der Waals surface area (Å²) in [4.78, 5) is 15.2. The fraction of sp³-hybridized carbons (Fsp3) is 0.467. The van der Waals surface area contributed by atoms with Crippen LogP contribution in [0.4, 0.5) is 5.69 Å². The molecule has 0 aromatic heterocycles. The van der Waals surface area contributed by atoms with E-state index in [2.05, 4.69) is 29.4 Å². The number of amidine groups is 1. The van der Waals surface area contributed by atoms with E-state index in [4.69, 9.17) is 10.5 Å². The van der Waals surface area contributed by atoms with Crippen molar-refractivity contribution < 1.29 is 9.53 Å². The first-order valence-corrected chi connectivity index (χ1v) is 6.88. The fourth-order valence-electron chi connectivity index (χ4n) is 2.29. The molecule has 0 radical (unpaired) electrons. The van der Waals surface area contributed by atoms with Gasteiger partial charge in [0.15, 0.2) is 0 Å². The van der Waals surface area contributed by atoms with Gasteiger partial charge in [-0.1, -0.05) is 19.1 Å². The molecular weight excluding hydrogens is 254 g/mol. The molecule has 5 nitrogen and oxygen atoms in total. The lowest BCUT2D eigenvalue weighted by Crippen LogP contribution is -2.10. The molecule has 0 saturated heterocycles. The molecule has 2 atom stereocenters. The molecule has 0 bridgehead atoms. The van der Waals surface area contributed by atoms with Crippen molar-refractivity contribution in [2.45, 2.75) is 38.6 Å². The summed E-state index contributed by atoms with van der Waals surface area (Å²) in [6, 6.07) is 8.47. The highest BCUT2D eigenvalue weighted by Gasteiger charge is 2.17. The van der Waals surface area contributed by atoms with Crippen LogP contribution in [0, 0.1) is 0 Å². The molecule has 0 aliphatic carbocycles. The topological polar surface area (TPSA) is 76.7 Å². The van der Waals surface area contributed by atoms with Crippen molar-refractivity contribution >= 4 is 17.6 Å². The summed E-state index contributed by atoms with van der Waals surface area (Å²) in [5, 5.41) is 2.77. The Labute approximate surface area is 119 Å². The number of anilines is 1. The van der Waals surface area contributed by atoms with Crippen LogP contribution < -0.4 is 11.1 Å². The van der Waals surface area contributed by atoms with Crippen LogP contribution in [0.15, 0.2) is 29.3 Å². The summed E-state index contributed by atoms with van der Waals surface area (Å²) in [5.41, 5.74) is 7.58. The Morgan fingerprint density at radius 3 is 2.75 bits per heavy atom. The van der Waals surface area contributed by atoms with E-state index in [0.29, 0.717) is 18.5 Å². The molecule has 108 valence electrons. The summed E-state index contributed by atoms with van der Waals surface area (Å²) in [5.74, 6) is 0.390. The highest BCUT2D eigenvalue weighted by Crippen LogP contribution is 2.24. The van der Waals surface area contributed by atoms with Crippen molar-refractivity contribution in [3.63, 3.8) is 0 Å². The third kappa shape index (κ3) is 3.98. The van der Waals surface area contributed by atoms with Crippen molar-refractivity contribution in [2.24, 2.45) is 10.7 Å². The molecule has 1 aliphatic rings. The van der Waals surface area contributed by atoms with Crippen molar-refractivity contribution in [3.05, 3.63) is 29.8 Å². The van der Waals surface area contributed by atoms with Gasteiger partial charge in [0.25, 0.3) is 6.02 Å². The maximum absolute atomic E-state index is 11.0. The predicted molar refractivity (Wildman–Crippen MR) is 79.8 cm³/mol. The fourth-order valence-corrected chi connectivity index (χ4v) is 2.29. The van der Waals surface area contributed by atoms with E-state index in [1.54, 1.807) is 0 Å². The van der Waals surface area contributed by atoms with Gasteiger partial charge in [0, 0.05) is 12.6 Å². The molecule has 5 heteroatoms. The largest absolute Gasteiger partial charge is 0.463 e. The molecule has 1 unspecified atom stereocenters. The van der Waals surface area contributed by atoms with Gasteiger partial charge in [-0.15, -0.1) is 0 Å². The van der Waals surface area contributed by atoms with Gasteiger partial charge in [-0.3, -0.25) is 4.79 Å². The number of nitrogens with zero attached hydrogens (tertiary/aromatic N) is 1. The molecule has 1 aromatic carbocycles. The number of nitrogens with one attached hydrogen (secondary N) is 1. The Morgan fingerprint density at radius 1 is 1.50 bits per heavy atom. The highest BCUT2D eigenvalue weighted by atomic mass is 16.5. The minimum atomic E-state index is -0.0533. The number of aliphatic imine (C=N–C) groups is 1. The normalized spacial score (nSPS) is 19.1. The summed E-state index contributed by atoms with van der Waals surface area (Å²) in [6.45, 7) is 4.29. The molecule has 0 spiro atoms. The lowest BCUT2D eigenvalue weighted by Gasteiger charge is -2.14. The Hall–Kier alpha value is -2.04. The number of hydrogen-bond acceptors (Lipinski definition) is 4.